The van der Waals surface area contributed by atoms with Crippen molar-refractivity contribution in [2.75, 3.05) is 18.5 Å². The van der Waals surface area contributed by atoms with E-state index in [9.17, 15) is 4.79 Å². The molecule has 2 aromatic rings. The summed E-state index contributed by atoms with van der Waals surface area (Å²) in [6.07, 6.45) is 0. The van der Waals surface area contributed by atoms with E-state index in [0.29, 0.717) is 13.2 Å². The number of hydrogen-bond acceptors (Lipinski definition) is 3. The molecule has 3 nitrogen and oxygen atoms in total. The molecule has 2 aliphatic heterocycles. The highest BCUT2D eigenvalue weighted by Crippen LogP contribution is 2.39. The van der Waals surface area contributed by atoms with Crippen LogP contribution >= 0.6 is 0 Å². The van der Waals surface area contributed by atoms with E-state index in [0.717, 1.165) is 22.4 Å². The zero-order valence-electron chi connectivity index (χ0n) is 9.69. The molecule has 88 valence electrons. The van der Waals surface area contributed by atoms with Gasteiger partial charge in [-0.25, -0.2) is 4.79 Å². The lowest BCUT2D eigenvalue weighted by Gasteiger charge is -2.20. The van der Waals surface area contributed by atoms with Gasteiger partial charge >= 0.3 is 5.97 Å². The van der Waals surface area contributed by atoms with Crippen molar-refractivity contribution >= 4 is 28.0 Å². The molecular formula is C15H11NO2. The van der Waals surface area contributed by atoms with Gasteiger partial charge in [0.15, 0.2) is 0 Å². The first-order chi connectivity index (χ1) is 8.84. The molecule has 0 aliphatic carbocycles. The van der Waals surface area contributed by atoms with Gasteiger partial charge in [0.05, 0.1) is 5.57 Å². The topological polar surface area (TPSA) is 38.3 Å². The Bertz CT molecular complexity index is 716. The van der Waals surface area contributed by atoms with Gasteiger partial charge in [0.1, 0.15) is 6.61 Å². The van der Waals surface area contributed by atoms with E-state index in [2.05, 4.69) is 29.6 Å². The van der Waals surface area contributed by atoms with Crippen molar-refractivity contribution in [2.24, 2.45) is 0 Å². The Balaban J connectivity index is 2.10. The molecule has 0 saturated heterocycles. The molecule has 0 saturated carbocycles. The Kier molecular flexibility index (Phi) is 1.81. The number of cyclic esters (lactones) is 1. The number of fused-ring (bicyclic) bond motifs is 4. The van der Waals surface area contributed by atoms with E-state index in [1.165, 1.54) is 10.8 Å². The lowest BCUT2D eigenvalue weighted by molar-refractivity contribution is -0.135. The Hall–Kier alpha value is -2.29. The molecule has 18 heavy (non-hydrogen) atoms. The number of anilines is 1. The van der Waals surface area contributed by atoms with Gasteiger partial charge in [-0.1, -0.05) is 30.3 Å². The van der Waals surface area contributed by atoms with E-state index in [1.54, 1.807) is 0 Å². The maximum absolute atomic E-state index is 11.6. The molecule has 0 unspecified atom stereocenters. The molecule has 4 rings (SSSR count). The predicted molar refractivity (Wildman–Crippen MR) is 70.3 cm³/mol. The van der Waals surface area contributed by atoms with Gasteiger partial charge in [0.25, 0.3) is 0 Å². The average Bonchev–Trinajstić information content (AvgIpc) is 2.80. The Morgan fingerprint density at radius 2 is 1.94 bits per heavy atom. The van der Waals surface area contributed by atoms with E-state index in [4.69, 9.17) is 4.74 Å². The lowest BCUT2D eigenvalue weighted by atomic mass is 9.91. The van der Waals surface area contributed by atoms with Crippen LogP contribution in [0.3, 0.4) is 0 Å². The minimum Gasteiger partial charge on any atom is -0.457 e. The number of ether oxygens (including phenoxy) is 1. The Labute approximate surface area is 104 Å². The van der Waals surface area contributed by atoms with Crippen LogP contribution in [0.5, 0.6) is 0 Å². The number of esters is 1. The van der Waals surface area contributed by atoms with Crippen LogP contribution in [-0.2, 0) is 9.53 Å². The summed E-state index contributed by atoms with van der Waals surface area (Å²) in [5.41, 5.74) is 4.04. The van der Waals surface area contributed by atoms with Crippen LogP contribution in [0.15, 0.2) is 42.0 Å². The van der Waals surface area contributed by atoms with Gasteiger partial charge < -0.3 is 10.1 Å². The van der Waals surface area contributed by atoms with Crippen LogP contribution in [0.4, 0.5) is 5.69 Å². The molecule has 0 aromatic heterocycles. The van der Waals surface area contributed by atoms with Crippen LogP contribution < -0.4 is 5.32 Å². The Morgan fingerprint density at radius 1 is 1.06 bits per heavy atom. The highest BCUT2D eigenvalue weighted by Gasteiger charge is 2.31. The molecule has 0 amide bonds. The largest absolute Gasteiger partial charge is 0.457 e. The van der Waals surface area contributed by atoms with Crippen LogP contribution in [0.2, 0.25) is 0 Å². The molecule has 1 N–H and O–H groups in total. The average molecular weight is 237 g/mol. The SMILES string of the molecule is O=C1OCC2=C1CNc1ccc3ccccc3c12. The Morgan fingerprint density at radius 3 is 2.89 bits per heavy atom. The molecule has 0 fully saturated rings. The quantitative estimate of drug-likeness (QED) is 0.716. The first-order valence-corrected chi connectivity index (χ1v) is 6.00. The summed E-state index contributed by atoms with van der Waals surface area (Å²) in [5, 5.41) is 5.66. The van der Waals surface area contributed by atoms with Gasteiger partial charge in [-0.15, -0.1) is 0 Å². The zero-order valence-corrected chi connectivity index (χ0v) is 9.69. The summed E-state index contributed by atoms with van der Waals surface area (Å²) in [5.74, 6) is -0.184. The molecule has 0 spiro atoms. The number of rotatable bonds is 0. The van der Waals surface area contributed by atoms with E-state index >= 15 is 0 Å². The third kappa shape index (κ3) is 1.16. The minimum absolute atomic E-state index is 0.184. The third-order valence-electron chi connectivity index (χ3n) is 3.64. The number of hydrogen-bond donors (Lipinski definition) is 1. The summed E-state index contributed by atoms with van der Waals surface area (Å²) in [6.45, 7) is 0.969. The van der Waals surface area contributed by atoms with E-state index < -0.39 is 0 Å². The van der Waals surface area contributed by atoms with Gasteiger partial charge in [0, 0.05) is 23.4 Å². The molecule has 2 aromatic carbocycles. The van der Waals surface area contributed by atoms with Gasteiger partial charge in [-0.3, -0.25) is 0 Å². The van der Waals surface area contributed by atoms with E-state index in [-0.39, 0.29) is 5.97 Å². The molecule has 0 bridgehead atoms. The summed E-state index contributed by atoms with van der Waals surface area (Å²) >= 11 is 0. The molecule has 3 heteroatoms. The fourth-order valence-electron chi connectivity index (χ4n) is 2.76. The van der Waals surface area contributed by atoms with Crippen molar-refractivity contribution in [3.05, 3.63) is 47.5 Å². The molecule has 0 atom stereocenters. The van der Waals surface area contributed by atoms with E-state index in [1.807, 2.05) is 12.1 Å². The highest BCUT2D eigenvalue weighted by atomic mass is 16.5. The second-order valence-electron chi connectivity index (χ2n) is 4.60. The van der Waals surface area contributed by atoms with Gasteiger partial charge in [-0.2, -0.15) is 0 Å². The van der Waals surface area contributed by atoms with Crippen LogP contribution in [-0.4, -0.2) is 19.1 Å². The summed E-state index contributed by atoms with van der Waals surface area (Å²) in [6, 6.07) is 12.4. The summed E-state index contributed by atoms with van der Waals surface area (Å²) < 4.78 is 5.15. The van der Waals surface area contributed by atoms with Crippen LogP contribution in [0.25, 0.3) is 16.3 Å². The molecule has 2 heterocycles. The number of carbonyl (C=O) groups is 1. The highest BCUT2D eigenvalue weighted by molar-refractivity contribution is 6.10. The normalized spacial score (nSPS) is 17.2. The van der Waals surface area contributed by atoms with Crippen molar-refractivity contribution in [3.8, 4) is 0 Å². The smallest absolute Gasteiger partial charge is 0.336 e. The maximum Gasteiger partial charge on any atom is 0.336 e. The second kappa shape index (κ2) is 3.35. The molecule has 0 radical (unpaired) electrons. The fourth-order valence-corrected chi connectivity index (χ4v) is 2.76. The van der Waals surface area contributed by atoms with Gasteiger partial charge in [0.2, 0.25) is 0 Å². The second-order valence-corrected chi connectivity index (χ2v) is 4.60. The van der Waals surface area contributed by atoms with Crippen molar-refractivity contribution in [1.82, 2.24) is 0 Å². The maximum atomic E-state index is 11.6. The van der Waals surface area contributed by atoms with Crippen LogP contribution in [0.1, 0.15) is 5.56 Å². The molecular weight excluding hydrogens is 226 g/mol. The first kappa shape index (κ1) is 9.71. The monoisotopic (exact) mass is 237 g/mol. The van der Waals surface area contributed by atoms with Gasteiger partial charge in [-0.05, 0) is 16.8 Å². The lowest BCUT2D eigenvalue weighted by Crippen LogP contribution is -2.16. The summed E-state index contributed by atoms with van der Waals surface area (Å²) in [7, 11) is 0. The minimum atomic E-state index is -0.184. The van der Waals surface area contributed by atoms with Crippen molar-refractivity contribution in [2.45, 2.75) is 0 Å². The number of nitrogens with one attached hydrogen (secondary N) is 1. The molecule has 2 aliphatic rings. The predicted octanol–water partition coefficient (Wildman–Crippen LogP) is 2.58. The third-order valence-corrected chi connectivity index (χ3v) is 3.64. The standard InChI is InChI=1S/C15H11NO2/c17-15-11-7-16-13-6-5-9-3-1-2-4-10(9)14(13)12(11)8-18-15/h1-6,16H,7-8H2. The number of benzene rings is 2. The fraction of sp³-hybridized carbons (Fsp3) is 0.133. The van der Waals surface area contributed by atoms with Crippen molar-refractivity contribution < 1.29 is 9.53 Å². The van der Waals surface area contributed by atoms with Crippen molar-refractivity contribution in [1.29, 1.82) is 0 Å². The van der Waals surface area contributed by atoms with Crippen molar-refractivity contribution in [3.63, 3.8) is 0 Å². The first-order valence-electron chi connectivity index (χ1n) is 6.00. The zero-order chi connectivity index (χ0) is 12.1. The summed E-state index contributed by atoms with van der Waals surface area (Å²) in [4.78, 5) is 11.6. The number of carbonyl (C=O) groups excluding carboxylic acids is 1. The van der Waals surface area contributed by atoms with Crippen LogP contribution in [0, 0.1) is 0 Å².